The molecule has 0 bridgehead atoms. The normalized spacial score (nSPS) is 13.6. The first-order valence-electron chi connectivity index (χ1n) is 7.99. The zero-order chi connectivity index (χ0) is 15.8. The number of carbonyl (C=O) groups excluding carboxylic acids is 1. The maximum Gasteiger partial charge on any atom is 0.251 e. The van der Waals surface area contributed by atoms with Crippen LogP contribution in [0.1, 0.15) is 63.0 Å². The molecule has 2 atom stereocenters. The molecular weight excluding hydrogens is 262 g/mol. The van der Waals surface area contributed by atoms with E-state index in [9.17, 15) is 4.79 Å². The Morgan fingerprint density at radius 2 is 2.00 bits per heavy atom. The number of hydrogen-bond acceptors (Lipinski definition) is 3. The van der Waals surface area contributed by atoms with E-state index in [4.69, 9.17) is 0 Å². The number of anilines is 1. The van der Waals surface area contributed by atoms with Crippen molar-refractivity contribution in [1.82, 2.24) is 10.3 Å². The highest BCUT2D eigenvalue weighted by molar-refractivity contribution is 5.95. The van der Waals surface area contributed by atoms with E-state index in [0.29, 0.717) is 11.5 Å². The van der Waals surface area contributed by atoms with Crippen LogP contribution in [0.2, 0.25) is 0 Å². The second-order valence-corrected chi connectivity index (χ2v) is 5.93. The fourth-order valence-corrected chi connectivity index (χ4v) is 2.28. The Labute approximate surface area is 128 Å². The predicted octanol–water partition coefficient (Wildman–Crippen LogP) is 3.77. The maximum atomic E-state index is 12.3. The molecule has 1 amide bonds. The van der Waals surface area contributed by atoms with Crippen molar-refractivity contribution in [3.8, 4) is 0 Å². The summed E-state index contributed by atoms with van der Waals surface area (Å²) in [6.45, 7) is 11.3. The number of nitrogens with one attached hydrogen (secondary N) is 2. The van der Waals surface area contributed by atoms with Gasteiger partial charge in [0.15, 0.2) is 0 Å². The number of aryl methyl sites for hydroxylation is 1. The van der Waals surface area contributed by atoms with E-state index in [1.165, 1.54) is 0 Å². The van der Waals surface area contributed by atoms with E-state index in [1.807, 2.05) is 19.1 Å². The van der Waals surface area contributed by atoms with Crippen LogP contribution in [0.4, 0.5) is 5.82 Å². The third kappa shape index (κ3) is 6.15. The monoisotopic (exact) mass is 291 g/mol. The van der Waals surface area contributed by atoms with E-state index < -0.39 is 0 Å². The molecule has 2 N–H and O–H groups in total. The van der Waals surface area contributed by atoms with Crippen LogP contribution >= 0.6 is 0 Å². The van der Waals surface area contributed by atoms with E-state index >= 15 is 0 Å². The van der Waals surface area contributed by atoms with Gasteiger partial charge in [-0.15, -0.1) is 0 Å². The van der Waals surface area contributed by atoms with Crippen molar-refractivity contribution in [3.05, 3.63) is 23.4 Å². The Bertz CT molecular complexity index is 459. The summed E-state index contributed by atoms with van der Waals surface area (Å²) in [6, 6.07) is 3.85. The van der Waals surface area contributed by atoms with Crippen LogP contribution < -0.4 is 10.6 Å². The van der Waals surface area contributed by atoms with Crippen LogP contribution in [0.15, 0.2) is 12.1 Å². The minimum absolute atomic E-state index is 0.0177. The molecule has 0 aromatic carbocycles. The highest BCUT2D eigenvalue weighted by atomic mass is 16.1. The molecule has 0 aliphatic carbocycles. The molecule has 0 fully saturated rings. The number of hydrogen-bond donors (Lipinski definition) is 2. The standard InChI is InChI=1S/C17H29N3O/c1-6-8-18-16-11-15(10-14(5)19-16)17(21)20-13(4)9-12(3)7-2/h10-13H,6-9H2,1-5H3,(H,18,19)(H,20,21). The maximum absolute atomic E-state index is 12.3. The lowest BCUT2D eigenvalue weighted by molar-refractivity contribution is 0.0935. The summed E-state index contributed by atoms with van der Waals surface area (Å²) >= 11 is 0. The van der Waals surface area contributed by atoms with Gasteiger partial charge in [0, 0.05) is 23.8 Å². The summed E-state index contributed by atoms with van der Waals surface area (Å²) in [6.07, 6.45) is 3.18. The molecule has 118 valence electrons. The molecule has 0 saturated heterocycles. The van der Waals surface area contributed by atoms with Gasteiger partial charge in [-0.05, 0) is 44.7 Å². The molecular formula is C17H29N3O. The van der Waals surface area contributed by atoms with E-state index in [2.05, 4.69) is 43.3 Å². The number of pyridine rings is 1. The van der Waals surface area contributed by atoms with Crippen molar-refractivity contribution in [2.75, 3.05) is 11.9 Å². The van der Waals surface area contributed by atoms with Gasteiger partial charge in [0.25, 0.3) is 5.91 Å². The zero-order valence-corrected chi connectivity index (χ0v) is 14.0. The predicted molar refractivity (Wildman–Crippen MR) is 88.8 cm³/mol. The van der Waals surface area contributed by atoms with Crippen LogP contribution in [-0.4, -0.2) is 23.5 Å². The molecule has 4 heteroatoms. The highest BCUT2D eigenvalue weighted by Crippen LogP contribution is 2.13. The molecule has 21 heavy (non-hydrogen) atoms. The minimum atomic E-state index is -0.0177. The first-order chi connectivity index (χ1) is 9.96. The number of aromatic nitrogens is 1. The van der Waals surface area contributed by atoms with Crippen LogP contribution in [0, 0.1) is 12.8 Å². The lowest BCUT2D eigenvalue weighted by atomic mass is 10.00. The zero-order valence-electron chi connectivity index (χ0n) is 14.0. The average Bonchev–Trinajstić information content (AvgIpc) is 2.44. The minimum Gasteiger partial charge on any atom is -0.370 e. The number of amides is 1. The Kier molecular flexibility index (Phi) is 7.20. The van der Waals surface area contributed by atoms with Crippen molar-refractivity contribution in [3.63, 3.8) is 0 Å². The second-order valence-electron chi connectivity index (χ2n) is 5.93. The van der Waals surface area contributed by atoms with Crippen LogP contribution in [-0.2, 0) is 0 Å². The van der Waals surface area contributed by atoms with Crippen molar-refractivity contribution in [2.45, 2.75) is 59.9 Å². The molecule has 0 aliphatic rings. The third-order valence-corrected chi connectivity index (χ3v) is 3.60. The van der Waals surface area contributed by atoms with Gasteiger partial charge in [0.2, 0.25) is 0 Å². The second kappa shape index (κ2) is 8.65. The lowest BCUT2D eigenvalue weighted by Crippen LogP contribution is -2.33. The molecule has 0 spiro atoms. The Balaban J connectivity index is 2.70. The first kappa shape index (κ1) is 17.5. The summed E-state index contributed by atoms with van der Waals surface area (Å²) in [5.41, 5.74) is 1.54. The van der Waals surface area contributed by atoms with Crippen molar-refractivity contribution in [1.29, 1.82) is 0 Å². The highest BCUT2D eigenvalue weighted by Gasteiger charge is 2.13. The molecule has 1 aromatic heterocycles. The van der Waals surface area contributed by atoms with Gasteiger partial charge in [-0.1, -0.05) is 27.2 Å². The fourth-order valence-electron chi connectivity index (χ4n) is 2.28. The topological polar surface area (TPSA) is 54.0 Å². The van der Waals surface area contributed by atoms with E-state index in [0.717, 1.165) is 37.3 Å². The molecule has 1 rings (SSSR count). The van der Waals surface area contributed by atoms with Gasteiger partial charge < -0.3 is 10.6 Å². The molecule has 1 heterocycles. The number of carbonyl (C=O) groups is 1. The van der Waals surface area contributed by atoms with Crippen molar-refractivity contribution < 1.29 is 4.79 Å². The molecule has 0 saturated carbocycles. The first-order valence-corrected chi connectivity index (χ1v) is 7.99. The van der Waals surface area contributed by atoms with Gasteiger partial charge in [-0.25, -0.2) is 4.98 Å². The Hall–Kier alpha value is -1.58. The third-order valence-electron chi connectivity index (χ3n) is 3.60. The Morgan fingerprint density at radius 3 is 2.62 bits per heavy atom. The molecule has 0 radical (unpaired) electrons. The van der Waals surface area contributed by atoms with Crippen LogP contribution in [0.25, 0.3) is 0 Å². The van der Waals surface area contributed by atoms with Crippen LogP contribution in [0.5, 0.6) is 0 Å². The summed E-state index contributed by atoms with van der Waals surface area (Å²) in [7, 11) is 0. The van der Waals surface area contributed by atoms with Gasteiger partial charge in [0.1, 0.15) is 5.82 Å². The summed E-state index contributed by atoms with van der Waals surface area (Å²) in [5.74, 6) is 1.38. The van der Waals surface area contributed by atoms with Crippen molar-refractivity contribution in [2.24, 2.45) is 5.92 Å². The molecule has 0 aliphatic heterocycles. The van der Waals surface area contributed by atoms with Crippen molar-refractivity contribution >= 4 is 11.7 Å². The average molecular weight is 291 g/mol. The van der Waals surface area contributed by atoms with Gasteiger partial charge in [-0.2, -0.15) is 0 Å². The SMILES string of the molecule is CCCNc1cc(C(=O)NC(C)CC(C)CC)cc(C)n1. The van der Waals surface area contributed by atoms with Gasteiger partial charge in [0.05, 0.1) is 0 Å². The summed E-state index contributed by atoms with van der Waals surface area (Å²) in [5, 5.41) is 6.31. The summed E-state index contributed by atoms with van der Waals surface area (Å²) < 4.78 is 0. The smallest absolute Gasteiger partial charge is 0.251 e. The van der Waals surface area contributed by atoms with Gasteiger partial charge in [-0.3, -0.25) is 4.79 Å². The van der Waals surface area contributed by atoms with Crippen LogP contribution in [0.3, 0.4) is 0 Å². The number of rotatable bonds is 8. The molecule has 2 unspecified atom stereocenters. The number of nitrogens with zero attached hydrogens (tertiary/aromatic N) is 1. The Morgan fingerprint density at radius 1 is 1.29 bits per heavy atom. The lowest BCUT2D eigenvalue weighted by Gasteiger charge is -2.18. The van der Waals surface area contributed by atoms with E-state index in [1.54, 1.807) is 0 Å². The quantitative estimate of drug-likeness (QED) is 0.766. The van der Waals surface area contributed by atoms with Gasteiger partial charge >= 0.3 is 0 Å². The molecule has 1 aromatic rings. The largest absolute Gasteiger partial charge is 0.370 e. The molecule has 4 nitrogen and oxygen atoms in total. The summed E-state index contributed by atoms with van der Waals surface area (Å²) in [4.78, 5) is 16.7. The fraction of sp³-hybridized carbons (Fsp3) is 0.647. The van der Waals surface area contributed by atoms with E-state index in [-0.39, 0.29) is 11.9 Å².